The van der Waals surface area contributed by atoms with Crippen LogP contribution in [0, 0.1) is 0 Å². The number of hydrogen-bond donors (Lipinski definition) is 0. The predicted molar refractivity (Wildman–Crippen MR) is 346 cm³/mol. The molecule has 0 N–H and O–H groups in total. The molecule has 0 radical (unpaired) electrons. The van der Waals surface area contributed by atoms with Gasteiger partial charge in [-0.3, -0.25) is 0 Å². The van der Waals surface area contributed by atoms with Crippen molar-refractivity contribution in [1.82, 2.24) is 9.13 Å². The summed E-state index contributed by atoms with van der Waals surface area (Å²) in [6, 6.07) is 127. The Bertz CT molecular complexity index is 4580. The van der Waals surface area contributed by atoms with Crippen molar-refractivity contribution in [3.63, 3.8) is 0 Å². The van der Waals surface area contributed by atoms with Crippen molar-refractivity contribution in [2.24, 2.45) is 0 Å². The molecule has 82 heavy (non-hydrogen) atoms. The lowest BCUT2D eigenvalue weighted by Crippen LogP contribution is -2.05. The summed E-state index contributed by atoms with van der Waals surface area (Å²) in [5.74, 6) is 0. The Balaban J connectivity index is 1.04. The Morgan fingerprint density at radius 2 is 0.585 bits per heavy atom. The summed E-state index contributed by atoms with van der Waals surface area (Å²) in [4.78, 5) is 10.3. The fraction of sp³-hybridized carbons (Fsp3) is 0. The predicted octanol–water partition coefficient (Wildman–Crippen LogP) is 21.9. The Labute approximate surface area is 482 Å². The van der Waals surface area contributed by atoms with E-state index in [-0.39, 0.29) is 0 Å². The van der Waals surface area contributed by atoms with E-state index in [2.05, 4.69) is 349 Å². The number of rotatable bonds is 12. The molecular formula is C78H56N2S2. The largest absolute Gasteiger partial charge is 0.309 e. The van der Waals surface area contributed by atoms with E-state index >= 15 is 0 Å². The maximum Gasteiger partial charge on any atom is 0.0552 e. The molecule has 2 aromatic heterocycles. The van der Waals surface area contributed by atoms with Gasteiger partial charge in [-0.2, -0.15) is 0 Å². The van der Waals surface area contributed by atoms with Gasteiger partial charge in [0.15, 0.2) is 0 Å². The van der Waals surface area contributed by atoms with E-state index < -0.39 is 20.1 Å². The molecule has 0 unspecified atom stereocenters. The SMILES string of the molecule is c1ccc(-c2cccc(-c3cccc(-n4c5ccc(-n6c7ccccc7c7ccc(S(c8ccccc8)(c8ccccc8)c8ccccc8)cc76)cc5c5c(S(c6ccccc6)(c6ccccc6)c6ccccc6)cccc54)c3)c2)cc1. The number of para-hydroxylation sites is 1. The van der Waals surface area contributed by atoms with Crippen LogP contribution in [0.5, 0.6) is 0 Å². The lowest BCUT2D eigenvalue weighted by molar-refractivity contribution is 1.16. The minimum absolute atomic E-state index is 1.11. The average molecular weight is 1090 g/mol. The number of nitrogens with zero attached hydrogens (tertiary/aromatic N) is 2. The lowest BCUT2D eigenvalue weighted by atomic mass is 9.99. The zero-order valence-electron chi connectivity index (χ0n) is 45.0. The lowest BCUT2D eigenvalue weighted by Gasteiger charge is -2.42. The van der Waals surface area contributed by atoms with Gasteiger partial charge in [0.1, 0.15) is 0 Å². The molecule has 0 saturated heterocycles. The first-order valence-corrected chi connectivity index (χ1v) is 31.3. The Morgan fingerprint density at radius 1 is 0.195 bits per heavy atom. The van der Waals surface area contributed by atoms with Crippen molar-refractivity contribution in [3.8, 4) is 33.6 Å². The molecule has 4 heteroatoms. The first-order valence-electron chi connectivity index (χ1n) is 28.0. The summed E-state index contributed by atoms with van der Waals surface area (Å²) >= 11 is 0. The molecule has 0 amide bonds. The molecule has 15 aromatic rings. The van der Waals surface area contributed by atoms with Gasteiger partial charge in [0, 0.05) is 72.1 Å². The second-order valence-electron chi connectivity index (χ2n) is 20.8. The topological polar surface area (TPSA) is 9.86 Å². The van der Waals surface area contributed by atoms with Gasteiger partial charge in [0.25, 0.3) is 0 Å². The number of benzene rings is 13. The zero-order valence-corrected chi connectivity index (χ0v) is 46.7. The summed E-state index contributed by atoms with van der Waals surface area (Å²) in [5.41, 5.74) is 11.6. The second kappa shape index (κ2) is 20.7. The molecule has 0 fully saturated rings. The van der Waals surface area contributed by atoms with E-state index in [1.54, 1.807) is 0 Å². The van der Waals surface area contributed by atoms with Crippen LogP contribution in [0.1, 0.15) is 0 Å². The first-order chi connectivity index (χ1) is 40.7. The fourth-order valence-electron chi connectivity index (χ4n) is 12.8. The van der Waals surface area contributed by atoms with Crippen LogP contribution in [0.25, 0.3) is 77.2 Å². The van der Waals surface area contributed by atoms with Gasteiger partial charge in [-0.15, -0.1) is 20.1 Å². The molecular weight excluding hydrogens is 1030 g/mol. The van der Waals surface area contributed by atoms with Gasteiger partial charge in [-0.05, 0) is 162 Å². The maximum absolute atomic E-state index is 2.54. The molecule has 0 atom stereocenters. The van der Waals surface area contributed by atoms with Crippen molar-refractivity contribution >= 4 is 63.7 Å². The van der Waals surface area contributed by atoms with Crippen molar-refractivity contribution in [2.45, 2.75) is 39.2 Å². The van der Waals surface area contributed by atoms with Crippen LogP contribution in [0.2, 0.25) is 0 Å². The zero-order chi connectivity index (χ0) is 54.5. The monoisotopic (exact) mass is 1080 g/mol. The van der Waals surface area contributed by atoms with E-state index in [1.807, 2.05) is 0 Å². The van der Waals surface area contributed by atoms with Crippen LogP contribution < -0.4 is 0 Å². The smallest absolute Gasteiger partial charge is 0.0552 e. The third-order valence-electron chi connectivity index (χ3n) is 16.3. The Morgan fingerprint density at radius 3 is 1.15 bits per heavy atom. The van der Waals surface area contributed by atoms with Crippen LogP contribution in [0.15, 0.2) is 379 Å². The standard InChI is InChI=1S/C78H56N2S2/c1-8-27-57(28-9-1)58-29-24-30-59(53-58)60-31-25-32-61(54-60)79-74-52-49-62(55-72(74)78-75(79)47-26-48-77(78)82(66-39-16-5-17-40-66,67-41-18-6-19-42-67)68-43-20-7-21-44-68)80-73-46-23-22-45-70(73)71-51-50-69(56-76(71)80)81(63-33-10-2-11-34-63,64-35-12-3-13-36-64)65-37-14-4-15-38-65/h1-56H. The van der Waals surface area contributed by atoms with Gasteiger partial charge in [-0.1, -0.05) is 200 Å². The molecule has 0 aliphatic rings. The van der Waals surface area contributed by atoms with Gasteiger partial charge < -0.3 is 9.13 Å². The van der Waals surface area contributed by atoms with E-state index in [1.165, 1.54) is 88.4 Å². The van der Waals surface area contributed by atoms with E-state index in [0.29, 0.717) is 0 Å². The number of fused-ring (bicyclic) bond motifs is 6. The minimum Gasteiger partial charge on any atom is -0.309 e. The van der Waals surface area contributed by atoms with Gasteiger partial charge >= 0.3 is 0 Å². The van der Waals surface area contributed by atoms with Crippen molar-refractivity contribution in [2.75, 3.05) is 0 Å². The first kappa shape index (κ1) is 49.2. The Hall–Kier alpha value is -9.84. The molecule has 0 saturated carbocycles. The van der Waals surface area contributed by atoms with Crippen LogP contribution in [0.3, 0.4) is 0 Å². The quantitative estimate of drug-likeness (QED) is 0.115. The van der Waals surface area contributed by atoms with Crippen LogP contribution in [-0.2, 0) is 0 Å². The molecule has 390 valence electrons. The highest BCUT2D eigenvalue weighted by molar-refractivity contribution is 8.34. The van der Waals surface area contributed by atoms with Gasteiger partial charge in [-0.25, -0.2) is 0 Å². The summed E-state index contributed by atoms with van der Waals surface area (Å²) in [5, 5.41) is 4.88. The highest BCUT2D eigenvalue weighted by atomic mass is 32.3. The van der Waals surface area contributed by atoms with E-state index in [0.717, 1.165) is 28.0 Å². The molecule has 2 heterocycles. The molecule has 2 nitrogen and oxygen atoms in total. The fourth-order valence-corrected chi connectivity index (χ4v) is 20.8. The number of aromatic nitrogens is 2. The van der Waals surface area contributed by atoms with Crippen molar-refractivity contribution in [1.29, 1.82) is 0 Å². The average Bonchev–Trinajstić information content (AvgIpc) is 2.56. The van der Waals surface area contributed by atoms with Gasteiger partial charge in [0.2, 0.25) is 0 Å². The summed E-state index contributed by atoms with van der Waals surface area (Å²) < 4.78 is 5.06. The van der Waals surface area contributed by atoms with Gasteiger partial charge in [0.05, 0.1) is 22.1 Å². The molecule has 15 rings (SSSR count). The molecule has 0 aliphatic carbocycles. The summed E-state index contributed by atoms with van der Waals surface area (Å²) in [6.07, 6.45) is 0. The Kier molecular flexibility index (Phi) is 12.4. The third kappa shape index (κ3) is 7.97. The summed E-state index contributed by atoms with van der Waals surface area (Å²) in [7, 11) is -4.12. The molecule has 0 aliphatic heterocycles. The van der Waals surface area contributed by atoms with Crippen LogP contribution in [0.4, 0.5) is 0 Å². The maximum atomic E-state index is 2.54. The second-order valence-corrected chi connectivity index (χ2v) is 27.0. The molecule has 0 spiro atoms. The van der Waals surface area contributed by atoms with E-state index in [9.17, 15) is 0 Å². The highest BCUT2D eigenvalue weighted by Gasteiger charge is 2.37. The number of hydrogen-bond acceptors (Lipinski definition) is 0. The van der Waals surface area contributed by atoms with Crippen molar-refractivity contribution < 1.29 is 0 Å². The molecule has 0 bridgehead atoms. The third-order valence-corrected chi connectivity index (χ3v) is 24.1. The normalized spacial score (nSPS) is 12.3. The molecule has 13 aromatic carbocycles. The van der Waals surface area contributed by atoms with Crippen molar-refractivity contribution in [3.05, 3.63) is 340 Å². The van der Waals surface area contributed by atoms with E-state index in [4.69, 9.17) is 0 Å². The minimum atomic E-state index is -2.13. The van der Waals surface area contributed by atoms with Crippen LogP contribution in [-0.4, -0.2) is 9.13 Å². The highest BCUT2D eigenvalue weighted by Crippen LogP contribution is 2.76. The van der Waals surface area contributed by atoms with Crippen LogP contribution >= 0.6 is 20.1 Å². The summed E-state index contributed by atoms with van der Waals surface area (Å²) in [6.45, 7) is 0.